The molecule has 1 unspecified atom stereocenters. The van der Waals surface area contributed by atoms with E-state index in [1.807, 2.05) is 71.3 Å². The number of carbonyl (C=O) groups excluding carboxylic acids is 2. The average Bonchev–Trinajstić information content (AvgIpc) is 3.27. The van der Waals surface area contributed by atoms with E-state index in [-0.39, 0.29) is 23.7 Å². The SMILES string of the molecule is O=C(Cn1c2ccccc2c2ccccc21)NN1C(=O)CSC1c1ccccc1. The standard InChI is InChI=1S/C23H19N3O2S/c27-21(24-26-22(28)15-29-23(26)16-8-2-1-3-9-16)14-25-19-12-6-4-10-17(19)18-11-5-7-13-20(18)25/h1-13,23H,14-15H2,(H,24,27). The number of rotatable bonds is 4. The van der Waals surface area contributed by atoms with Crippen LogP contribution in [-0.4, -0.2) is 27.1 Å². The van der Waals surface area contributed by atoms with Crippen LogP contribution < -0.4 is 5.43 Å². The van der Waals surface area contributed by atoms with Gasteiger partial charge in [0.05, 0.1) is 5.75 Å². The van der Waals surface area contributed by atoms with Gasteiger partial charge in [-0.2, -0.15) is 0 Å². The summed E-state index contributed by atoms with van der Waals surface area (Å²) < 4.78 is 2.01. The summed E-state index contributed by atoms with van der Waals surface area (Å²) in [5, 5.41) is 3.50. The second-order valence-electron chi connectivity index (χ2n) is 6.99. The summed E-state index contributed by atoms with van der Waals surface area (Å²) in [4.78, 5) is 25.3. The van der Waals surface area contributed by atoms with E-state index < -0.39 is 0 Å². The molecule has 1 aliphatic heterocycles. The monoisotopic (exact) mass is 401 g/mol. The van der Waals surface area contributed by atoms with Crippen molar-refractivity contribution in [3.05, 3.63) is 84.4 Å². The number of amides is 2. The Kier molecular flexibility index (Phi) is 4.48. The molecule has 1 saturated heterocycles. The minimum absolute atomic E-state index is 0.0839. The Morgan fingerprint density at radius 3 is 2.14 bits per heavy atom. The minimum atomic E-state index is -0.215. The zero-order chi connectivity index (χ0) is 19.8. The fourth-order valence-electron chi connectivity index (χ4n) is 3.90. The van der Waals surface area contributed by atoms with Crippen molar-refractivity contribution in [3.8, 4) is 0 Å². The summed E-state index contributed by atoms with van der Waals surface area (Å²) in [5.41, 5.74) is 5.86. The number of hydrazine groups is 1. The molecular formula is C23H19N3O2S. The zero-order valence-electron chi connectivity index (χ0n) is 15.6. The molecule has 2 heterocycles. The molecule has 0 saturated carbocycles. The van der Waals surface area contributed by atoms with Gasteiger partial charge in [-0.15, -0.1) is 11.8 Å². The number of para-hydroxylation sites is 2. The number of thioether (sulfide) groups is 1. The van der Waals surface area contributed by atoms with Crippen LogP contribution in [0.25, 0.3) is 21.8 Å². The Morgan fingerprint density at radius 2 is 1.48 bits per heavy atom. The van der Waals surface area contributed by atoms with Crippen LogP contribution >= 0.6 is 11.8 Å². The third kappa shape index (κ3) is 3.15. The Labute approximate surface area is 172 Å². The van der Waals surface area contributed by atoms with E-state index in [4.69, 9.17) is 0 Å². The summed E-state index contributed by atoms with van der Waals surface area (Å²) in [5.74, 6) is 0.0580. The molecule has 6 heteroatoms. The highest BCUT2D eigenvalue weighted by atomic mass is 32.2. The predicted octanol–water partition coefficient (Wildman–Crippen LogP) is 4.10. The van der Waals surface area contributed by atoms with Crippen molar-refractivity contribution < 1.29 is 9.59 Å². The number of benzene rings is 3. The number of carbonyl (C=O) groups is 2. The lowest BCUT2D eigenvalue weighted by Gasteiger charge is -2.24. The summed E-state index contributed by atoms with van der Waals surface area (Å²) in [7, 11) is 0. The lowest BCUT2D eigenvalue weighted by molar-refractivity contribution is -0.139. The molecule has 1 N–H and O–H groups in total. The first-order chi connectivity index (χ1) is 14.2. The predicted molar refractivity (Wildman–Crippen MR) is 116 cm³/mol. The molecule has 2 amide bonds. The van der Waals surface area contributed by atoms with E-state index in [9.17, 15) is 9.59 Å². The van der Waals surface area contributed by atoms with Crippen LogP contribution in [0, 0.1) is 0 Å². The third-order valence-electron chi connectivity index (χ3n) is 5.18. The largest absolute Gasteiger partial charge is 0.331 e. The maximum atomic E-state index is 12.9. The van der Waals surface area contributed by atoms with Crippen LogP contribution in [-0.2, 0) is 16.1 Å². The Hall–Kier alpha value is -3.25. The lowest BCUT2D eigenvalue weighted by Crippen LogP contribution is -2.45. The maximum Gasteiger partial charge on any atom is 0.258 e. The number of nitrogens with one attached hydrogen (secondary N) is 1. The van der Waals surface area contributed by atoms with E-state index in [0.717, 1.165) is 27.4 Å². The molecule has 3 aromatic carbocycles. The van der Waals surface area contributed by atoms with Gasteiger partial charge in [0.15, 0.2) is 0 Å². The molecular weight excluding hydrogens is 382 g/mol. The fraction of sp³-hybridized carbons (Fsp3) is 0.130. The third-order valence-corrected chi connectivity index (χ3v) is 6.39. The minimum Gasteiger partial charge on any atom is -0.331 e. The van der Waals surface area contributed by atoms with Gasteiger partial charge in [0.25, 0.3) is 11.8 Å². The molecule has 0 aliphatic carbocycles. The summed E-state index contributed by atoms with van der Waals surface area (Å²) in [6.07, 6.45) is 0. The number of hydrogen-bond acceptors (Lipinski definition) is 3. The van der Waals surface area contributed by atoms with Crippen molar-refractivity contribution in [2.24, 2.45) is 0 Å². The summed E-state index contributed by atoms with van der Waals surface area (Å²) in [6.45, 7) is 0.143. The van der Waals surface area contributed by atoms with E-state index in [0.29, 0.717) is 5.75 Å². The number of aromatic nitrogens is 1. The zero-order valence-corrected chi connectivity index (χ0v) is 16.4. The summed E-state index contributed by atoms with van der Waals surface area (Å²) >= 11 is 1.52. The molecule has 0 bridgehead atoms. The van der Waals surface area contributed by atoms with E-state index in [2.05, 4.69) is 17.6 Å². The molecule has 144 valence electrons. The normalized spacial score (nSPS) is 16.6. The van der Waals surface area contributed by atoms with Crippen molar-refractivity contribution in [1.82, 2.24) is 15.0 Å². The molecule has 1 aromatic heterocycles. The Balaban J connectivity index is 1.44. The van der Waals surface area contributed by atoms with Crippen molar-refractivity contribution in [2.75, 3.05) is 5.75 Å². The molecule has 0 spiro atoms. The first-order valence-electron chi connectivity index (χ1n) is 9.46. The highest BCUT2D eigenvalue weighted by Crippen LogP contribution is 2.37. The van der Waals surface area contributed by atoms with Gasteiger partial charge in [-0.1, -0.05) is 66.7 Å². The number of nitrogens with zero attached hydrogens (tertiary/aromatic N) is 2. The van der Waals surface area contributed by atoms with Gasteiger partial charge in [0.2, 0.25) is 0 Å². The van der Waals surface area contributed by atoms with Gasteiger partial charge in [-0.3, -0.25) is 15.0 Å². The van der Waals surface area contributed by atoms with E-state index >= 15 is 0 Å². The van der Waals surface area contributed by atoms with Gasteiger partial charge in [0, 0.05) is 21.8 Å². The fourth-order valence-corrected chi connectivity index (χ4v) is 5.00. The van der Waals surface area contributed by atoms with E-state index in [1.165, 1.54) is 16.8 Å². The maximum absolute atomic E-state index is 12.9. The van der Waals surface area contributed by atoms with Gasteiger partial charge >= 0.3 is 0 Å². The smallest absolute Gasteiger partial charge is 0.258 e. The number of hydrogen-bond donors (Lipinski definition) is 1. The molecule has 0 radical (unpaired) electrons. The van der Waals surface area contributed by atoms with Crippen molar-refractivity contribution in [2.45, 2.75) is 11.9 Å². The number of fused-ring (bicyclic) bond motifs is 3. The van der Waals surface area contributed by atoms with Crippen LogP contribution in [0.4, 0.5) is 0 Å². The molecule has 29 heavy (non-hydrogen) atoms. The van der Waals surface area contributed by atoms with Crippen LogP contribution in [0.2, 0.25) is 0 Å². The van der Waals surface area contributed by atoms with Crippen LogP contribution in [0.5, 0.6) is 0 Å². The second kappa shape index (κ2) is 7.29. The quantitative estimate of drug-likeness (QED) is 0.560. The van der Waals surface area contributed by atoms with Crippen LogP contribution in [0.15, 0.2) is 78.9 Å². The van der Waals surface area contributed by atoms with Crippen LogP contribution in [0.3, 0.4) is 0 Å². The molecule has 5 nitrogen and oxygen atoms in total. The first-order valence-corrected chi connectivity index (χ1v) is 10.5. The first kappa shape index (κ1) is 17.8. The van der Waals surface area contributed by atoms with Crippen molar-refractivity contribution in [1.29, 1.82) is 0 Å². The van der Waals surface area contributed by atoms with Crippen LogP contribution in [0.1, 0.15) is 10.9 Å². The van der Waals surface area contributed by atoms with Gasteiger partial charge in [0.1, 0.15) is 11.9 Å². The molecule has 1 atom stereocenters. The summed E-state index contributed by atoms with van der Waals surface area (Å²) in [6, 6.07) is 25.9. The van der Waals surface area contributed by atoms with Gasteiger partial charge in [-0.25, -0.2) is 5.01 Å². The molecule has 4 aromatic rings. The Bertz CT molecular complexity index is 1170. The second-order valence-corrected chi connectivity index (χ2v) is 8.06. The van der Waals surface area contributed by atoms with Gasteiger partial charge in [-0.05, 0) is 17.7 Å². The lowest BCUT2D eigenvalue weighted by atomic mass is 10.2. The van der Waals surface area contributed by atoms with Crippen molar-refractivity contribution >= 4 is 45.4 Å². The van der Waals surface area contributed by atoms with Crippen molar-refractivity contribution in [3.63, 3.8) is 0 Å². The molecule has 5 rings (SSSR count). The molecule has 1 aliphatic rings. The Morgan fingerprint density at radius 1 is 0.897 bits per heavy atom. The highest BCUT2D eigenvalue weighted by molar-refractivity contribution is 8.00. The highest BCUT2D eigenvalue weighted by Gasteiger charge is 2.34. The average molecular weight is 401 g/mol. The van der Waals surface area contributed by atoms with E-state index in [1.54, 1.807) is 0 Å². The van der Waals surface area contributed by atoms with Gasteiger partial charge < -0.3 is 4.57 Å². The topological polar surface area (TPSA) is 54.3 Å². The molecule has 1 fully saturated rings.